The number of nitriles is 1. The van der Waals surface area contributed by atoms with E-state index in [2.05, 4.69) is 6.07 Å². The van der Waals surface area contributed by atoms with Crippen LogP contribution in [0, 0.1) is 11.3 Å². The number of hydrogen-bond donors (Lipinski definition) is 0. The topological polar surface area (TPSA) is 53.3 Å². The van der Waals surface area contributed by atoms with Gasteiger partial charge >= 0.3 is 0 Å². The summed E-state index contributed by atoms with van der Waals surface area (Å²) >= 11 is 0. The largest absolute Gasteiger partial charge is 0.490 e. The van der Waals surface area contributed by atoms with Crippen molar-refractivity contribution in [2.24, 2.45) is 0 Å². The van der Waals surface area contributed by atoms with E-state index >= 15 is 0 Å². The van der Waals surface area contributed by atoms with Gasteiger partial charge in [0.1, 0.15) is 18.4 Å². The number of hydrogen-bond acceptors (Lipinski definition) is 3. The van der Waals surface area contributed by atoms with Gasteiger partial charge in [0.2, 0.25) is 5.91 Å². The lowest BCUT2D eigenvalue weighted by Gasteiger charge is -2.20. The first kappa shape index (κ1) is 13.4. The minimum absolute atomic E-state index is 0.217. The molecule has 19 heavy (non-hydrogen) atoms. The second-order valence-electron chi connectivity index (χ2n) is 4.65. The quantitative estimate of drug-likeness (QED) is 0.833. The minimum atomic E-state index is 0.217. The van der Waals surface area contributed by atoms with E-state index in [1.54, 1.807) is 12.1 Å². The molecule has 0 bridgehead atoms. The zero-order valence-corrected chi connectivity index (χ0v) is 11.0. The number of likely N-dealkylation sites (tertiary alicyclic amines) is 1. The fourth-order valence-electron chi connectivity index (χ4n) is 2.23. The van der Waals surface area contributed by atoms with Crippen LogP contribution in [0.3, 0.4) is 0 Å². The molecule has 0 aliphatic carbocycles. The minimum Gasteiger partial charge on any atom is -0.490 e. The summed E-state index contributed by atoms with van der Waals surface area (Å²) in [4.78, 5) is 13.7. The average Bonchev–Trinajstić information content (AvgIpc) is 2.64. The van der Waals surface area contributed by atoms with E-state index in [4.69, 9.17) is 10.00 Å². The van der Waals surface area contributed by atoms with Crippen LogP contribution in [0.25, 0.3) is 0 Å². The number of ether oxygens (including phenoxy) is 1. The number of rotatable bonds is 4. The summed E-state index contributed by atoms with van der Waals surface area (Å²) in [7, 11) is 0. The van der Waals surface area contributed by atoms with E-state index in [9.17, 15) is 4.79 Å². The summed E-state index contributed by atoms with van der Waals surface area (Å²) in [6.07, 6.45) is 3.84. The van der Waals surface area contributed by atoms with Crippen molar-refractivity contribution in [3.05, 3.63) is 29.8 Å². The Morgan fingerprint density at radius 1 is 1.26 bits per heavy atom. The average molecular weight is 258 g/mol. The summed E-state index contributed by atoms with van der Waals surface area (Å²) in [5.41, 5.74) is 0.532. The van der Waals surface area contributed by atoms with Gasteiger partial charge in [-0.1, -0.05) is 18.6 Å². The number of para-hydroxylation sites is 1. The SMILES string of the molecule is N#Cc1ccccc1OCCN1CCCCCC1=O. The fourth-order valence-corrected chi connectivity index (χ4v) is 2.23. The molecule has 0 aromatic heterocycles. The van der Waals surface area contributed by atoms with Crippen molar-refractivity contribution in [1.82, 2.24) is 4.90 Å². The number of amides is 1. The molecule has 0 N–H and O–H groups in total. The van der Waals surface area contributed by atoms with Gasteiger partial charge in [-0.25, -0.2) is 0 Å². The molecule has 100 valence electrons. The van der Waals surface area contributed by atoms with Crippen LogP contribution in [0.15, 0.2) is 24.3 Å². The molecule has 0 atom stereocenters. The molecule has 1 fully saturated rings. The van der Waals surface area contributed by atoms with Crippen molar-refractivity contribution in [2.75, 3.05) is 19.7 Å². The molecule has 1 amide bonds. The van der Waals surface area contributed by atoms with Crippen LogP contribution in [0.4, 0.5) is 0 Å². The summed E-state index contributed by atoms with van der Waals surface area (Å²) in [6, 6.07) is 9.26. The second-order valence-corrected chi connectivity index (χ2v) is 4.65. The Bertz CT molecular complexity index is 479. The van der Waals surface area contributed by atoms with E-state index in [1.807, 2.05) is 17.0 Å². The van der Waals surface area contributed by atoms with Crippen molar-refractivity contribution in [1.29, 1.82) is 5.26 Å². The lowest BCUT2D eigenvalue weighted by Crippen LogP contribution is -2.34. The Hall–Kier alpha value is -2.02. The molecule has 1 heterocycles. The maximum absolute atomic E-state index is 11.8. The van der Waals surface area contributed by atoms with Gasteiger partial charge in [-0.2, -0.15) is 5.26 Å². The smallest absolute Gasteiger partial charge is 0.222 e. The Kier molecular flexibility index (Phi) is 4.79. The van der Waals surface area contributed by atoms with Gasteiger partial charge in [0.05, 0.1) is 12.1 Å². The zero-order chi connectivity index (χ0) is 13.5. The maximum atomic E-state index is 11.8. The summed E-state index contributed by atoms with van der Waals surface area (Å²) in [5.74, 6) is 0.807. The molecule has 4 heteroatoms. The molecule has 1 saturated heterocycles. The first-order valence-electron chi connectivity index (χ1n) is 6.71. The molecule has 0 spiro atoms. The normalized spacial score (nSPS) is 15.7. The Balaban J connectivity index is 1.86. The molecular weight excluding hydrogens is 240 g/mol. The van der Waals surface area contributed by atoms with Gasteiger partial charge < -0.3 is 9.64 Å². The highest BCUT2D eigenvalue weighted by Gasteiger charge is 2.16. The molecule has 1 aromatic rings. The molecule has 0 radical (unpaired) electrons. The van der Waals surface area contributed by atoms with Crippen LogP contribution in [-0.2, 0) is 4.79 Å². The van der Waals surface area contributed by atoms with E-state index in [0.717, 1.165) is 25.8 Å². The van der Waals surface area contributed by atoms with Crippen LogP contribution in [0.1, 0.15) is 31.2 Å². The molecule has 1 aliphatic heterocycles. The Labute approximate surface area is 113 Å². The highest BCUT2D eigenvalue weighted by Crippen LogP contribution is 2.17. The third-order valence-electron chi connectivity index (χ3n) is 3.30. The molecule has 1 aromatic carbocycles. The van der Waals surface area contributed by atoms with Gasteiger partial charge in [0.25, 0.3) is 0 Å². The predicted molar refractivity (Wildman–Crippen MR) is 71.7 cm³/mol. The summed E-state index contributed by atoms with van der Waals surface area (Å²) in [6.45, 7) is 1.85. The molecule has 0 unspecified atom stereocenters. The van der Waals surface area contributed by atoms with Crippen LogP contribution in [0.5, 0.6) is 5.75 Å². The Morgan fingerprint density at radius 3 is 2.95 bits per heavy atom. The lowest BCUT2D eigenvalue weighted by atomic mass is 10.2. The van der Waals surface area contributed by atoms with Crippen LogP contribution in [-0.4, -0.2) is 30.5 Å². The van der Waals surface area contributed by atoms with Crippen molar-refractivity contribution in [3.63, 3.8) is 0 Å². The first-order chi connectivity index (χ1) is 9.31. The fraction of sp³-hybridized carbons (Fsp3) is 0.467. The monoisotopic (exact) mass is 258 g/mol. The highest BCUT2D eigenvalue weighted by molar-refractivity contribution is 5.76. The number of nitrogens with zero attached hydrogens (tertiary/aromatic N) is 2. The zero-order valence-electron chi connectivity index (χ0n) is 11.0. The molecule has 0 saturated carbocycles. The molecule has 1 aliphatic rings. The third kappa shape index (κ3) is 3.72. The van der Waals surface area contributed by atoms with E-state index < -0.39 is 0 Å². The maximum Gasteiger partial charge on any atom is 0.222 e. The summed E-state index contributed by atoms with van der Waals surface area (Å²) in [5, 5.41) is 8.95. The highest BCUT2D eigenvalue weighted by atomic mass is 16.5. The first-order valence-corrected chi connectivity index (χ1v) is 6.71. The number of carbonyl (C=O) groups excluding carboxylic acids is 1. The van der Waals surface area contributed by atoms with Crippen molar-refractivity contribution >= 4 is 5.91 Å². The van der Waals surface area contributed by atoms with Crippen LogP contribution in [0.2, 0.25) is 0 Å². The second kappa shape index (κ2) is 6.79. The van der Waals surface area contributed by atoms with Gasteiger partial charge in [0, 0.05) is 13.0 Å². The lowest BCUT2D eigenvalue weighted by molar-refractivity contribution is -0.131. The van der Waals surface area contributed by atoms with Crippen LogP contribution < -0.4 is 4.74 Å². The van der Waals surface area contributed by atoms with Crippen molar-refractivity contribution in [2.45, 2.75) is 25.7 Å². The molecular formula is C15H18N2O2. The van der Waals surface area contributed by atoms with Crippen molar-refractivity contribution in [3.8, 4) is 11.8 Å². The van der Waals surface area contributed by atoms with Crippen molar-refractivity contribution < 1.29 is 9.53 Å². The van der Waals surface area contributed by atoms with E-state index in [-0.39, 0.29) is 5.91 Å². The predicted octanol–water partition coefficient (Wildman–Crippen LogP) is 2.34. The van der Waals surface area contributed by atoms with Crippen LogP contribution >= 0.6 is 0 Å². The standard InChI is InChI=1S/C15H18N2O2/c16-12-13-6-3-4-7-14(13)19-11-10-17-9-5-1-2-8-15(17)18/h3-4,6-7H,1-2,5,8-11H2. The van der Waals surface area contributed by atoms with Gasteiger partial charge in [-0.3, -0.25) is 4.79 Å². The third-order valence-corrected chi connectivity index (χ3v) is 3.30. The Morgan fingerprint density at radius 2 is 2.11 bits per heavy atom. The van der Waals surface area contributed by atoms with Gasteiger partial charge in [0.15, 0.2) is 0 Å². The van der Waals surface area contributed by atoms with E-state index in [0.29, 0.717) is 30.9 Å². The molecule has 2 rings (SSSR count). The van der Waals surface area contributed by atoms with E-state index in [1.165, 1.54) is 0 Å². The van der Waals surface area contributed by atoms with Gasteiger partial charge in [-0.05, 0) is 25.0 Å². The summed E-state index contributed by atoms with van der Waals surface area (Å²) < 4.78 is 5.60. The van der Waals surface area contributed by atoms with Gasteiger partial charge in [-0.15, -0.1) is 0 Å². The number of carbonyl (C=O) groups is 1. The molecule has 4 nitrogen and oxygen atoms in total. The number of benzene rings is 1.